The highest BCUT2D eigenvalue weighted by Gasteiger charge is 2.35. The summed E-state index contributed by atoms with van der Waals surface area (Å²) in [5, 5.41) is 2.94. The van der Waals surface area contributed by atoms with Crippen LogP contribution in [0.4, 0.5) is 11.4 Å². The predicted octanol–water partition coefficient (Wildman–Crippen LogP) is 2.36. The van der Waals surface area contributed by atoms with E-state index in [2.05, 4.69) is 10.2 Å². The number of hydrogen-bond acceptors (Lipinski definition) is 5. The summed E-state index contributed by atoms with van der Waals surface area (Å²) in [6.07, 6.45) is 2.93. The number of carbonyl (C=O) groups excluding carboxylic acids is 2. The van der Waals surface area contributed by atoms with Crippen LogP contribution in [0.1, 0.15) is 23.4 Å². The Morgan fingerprint density at radius 2 is 1.81 bits per heavy atom. The number of nitrogens with zero attached hydrogens (tertiary/aromatic N) is 2. The first-order valence-electron chi connectivity index (χ1n) is 9.30. The minimum atomic E-state index is -0.471. The topological polar surface area (TPSA) is 75.0 Å². The fraction of sp³-hybridized carbons (Fsp3) is 0.400. The molecule has 27 heavy (non-hydrogen) atoms. The fourth-order valence-electron chi connectivity index (χ4n) is 3.63. The summed E-state index contributed by atoms with van der Waals surface area (Å²) >= 11 is 0. The van der Waals surface area contributed by atoms with Crippen molar-refractivity contribution in [3.05, 3.63) is 48.4 Å². The number of rotatable bonds is 4. The summed E-state index contributed by atoms with van der Waals surface area (Å²) in [6, 6.07) is 10.6. The third-order valence-corrected chi connectivity index (χ3v) is 5.06. The molecular weight excluding hydrogens is 346 g/mol. The molecule has 0 bridgehead atoms. The summed E-state index contributed by atoms with van der Waals surface area (Å²) in [5.74, 6) is -0.128. The molecule has 7 heteroatoms. The lowest BCUT2D eigenvalue weighted by Gasteiger charge is -2.29. The van der Waals surface area contributed by atoms with Gasteiger partial charge >= 0.3 is 0 Å². The number of benzene rings is 1. The largest absolute Gasteiger partial charge is 0.459 e. The number of furan rings is 1. The van der Waals surface area contributed by atoms with Crippen LogP contribution in [0.5, 0.6) is 0 Å². The van der Waals surface area contributed by atoms with Crippen LogP contribution in [0, 0.1) is 0 Å². The van der Waals surface area contributed by atoms with E-state index in [1.165, 1.54) is 6.26 Å². The maximum Gasteiger partial charge on any atom is 0.290 e. The first kappa shape index (κ1) is 17.6. The summed E-state index contributed by atoms with van der Waals surface area (Å²) in [4.78, 5) is 29.1. The number of ether oxygens (including phenoxy) is 1. The number of morpholine rings is 1. The number of amides is 2. The molecule has 0 aliphatic carbocycles. The van der Waals surface area contributed by atoms with Crippen LogP contribution < -0.4 is 10.2 Å². The average molecular weight is 369 g/mol. The van der Waals surface area contributed by atoms with Crippen LogP contribution in [0.15, 0.2) is 47.1 Å². The lowest BCUT2D eigenvalue weighted by Crippen LogP contribution is -2.43. The van der Waals surface area contributed by atoms with Gasteiger partial charge in [-0.15, -0.1) is 0 Å². The maximum absolute atomic E-state index is 12.7. The Morgan fingerprint density at radius 3 is 2.52 bits per heavy atom. The maximum atomic E-state index is 12.7. The van der Waals surface area contributed by atoms with E-state index in [1.54, 1.807) is 17.0 Å². The molecule has 1 aromatic carbocycles. The average Bonchev–Trinajstić information content (AvgIpc) is 3.41. The second-order valence-electron chi connectivity index (χ2n) is 6.77. The van der Waals surface area contributed by atoms with Crippen LogP contribution in [-0.4, -0.2) is 55.6 Å². The molecule has 2 amide bonds. The van der Waals surface area contributed by atoms with E-state index in [9.17, 15) is 9.59 Å². The van der Waals surface area contributed by atoms with Crippen LogP contribution >= 0.6 is 0 Å². The molecule has 7 nitrogen and oxygen atoms in total. The third-order valence-electron chi connectivity index (χ3n) is 5.06. The molecule has 4 rings (SSSR count). The number of hydrogen-bond donors (Lipinski definition) is 1. The number of nitrogens with one attached hydrogen (secondary N) is 1. The van der Waals surface area contributed by atoms with Crippen molar-refractivity contribution in [1.82, 2.24) is 4.90 Å². The van der Waals surface area contributed by atoms with E-state index < -0.39 is 6.04 Å². The zero-order valence-corrected chi connectivity index (χ0v) is 15.1. The van der Waals surface area contributed by atoms with Gasteiger partial charge in [-0.3, -0.25) is 9.59 Å². The minimum Gasteiger partial charge on any atom is -0.459 e. The minimum absolute atomic E-state index is 0.161. The molecule has 1 N–H and O–H groups in total. The van der Waals surface area contributed by atoms with E-state index in [0.717, 1.165) is 44.1 Å². The molecule has 2 fully saturated rings. The summed E-state index contributed by atoms with van der Waals surface area (Å²) in [7, 11) is 0. The van der Waals surface area contributed by atoms with Gasteiger partial charge in [0, 0.05) is 31.0 Å². The van der Waals surface area contributed by atoms with Crippen molar-refractivity contribution in [2.45, 2.75) is 18.9 Å². The monoisotopic (exact) mass is 369 g/mol. The second-order valence-corrected chi connectivity index (χ2v) is 6.77. The van der Waals surface area contributed by atoms with Crippen molar-refractivity contribution in [3.8, 4) is 0 Å². The molecule has 142 valence electrons. The zero-order valence-electron chi connectivity index (χ0n) is 15.1. The Morgan fingerprint density at radius 1 is 1.04 bits per heavy atom. The van der Waals surface area contributed by atoms with E-state index in [4.69, 9.17) is 9.15 Å². The van der Waals surface area contributed by atoms with E-state index in [1.807, 2.05) is 24.3 Å². The van der Waals surface area contributed by atoms with Gasteiger partial charge in [0.2, 0.25) is 5.91 Å². The quantitative estimate of drug-likeness (QED) is 0.895. The van der Waals surface area contributed by atoms with Crippen LogP contribution in [-0.2, 0) is 9.53 Å². The smallest absolute Gasteiger partial charge is 0.290 e. The zero-order chi connectivity index (χ0) is 18.6. The van der Waals surface area contributed by atoms with Crippen molar-refractivity contribution >= 4 is 23.2 Å². The van der Waals surface area contributed by atoms with Gasteiger partial charge in [0.1, 0.15) is 6.04 Å². The normalized spacial score (nSPS) is 19.9. The molecule has 1 atom stereocenters. The highest BCUT2D eigenvalue weighted by molar-refractivity contribution is 6.00. The molecule has 2 aromatic rings. The number of likely N-dealkylation sites (tertiary alicyclic amines) is 1. The van der Waals surface area contributed by atoms with E-state index in [0.29, 0.717) is 13.0 Å². The lowest BCUT2D eigenvalue weighted by atomic mass is 10.2. The van der Waals surface area contributed by atoms with Crippen molar-refractivity contribution in [3.63, 3.8) is 0 Å². The van der Waals surface area contributed by atoms with Crippen molar-refractivity contribution in [1.29, 1.82) is 0 Å². The molecule has 3 heterocycles. The second kappa shape index (κ2) is 7.84. The molecule has 0 spiro atoms. The molecule has 2 aliphatic rings. The third kappa shape index (κ3) is 3.83. The standard InChI is InChI=1S/C20H23N3O4/c24-19(17-3-1-9-23(17)20(25)18-4-2-12-27-18)21-15-5-7-16(8-6-15)22-10-13-26-14-11-22/h2,4-8,12,17H,1,3,9-11,13-14H2,(H,21,24). The van der Waals surface area contributed by atoms with Gasteiger partial charge in [-0.2, -0.15) is 0 Å². The first-order valence-corrected chi connectivity index (χ1v) is 9.30. The van der Waals surface area contributed by atoms with E-state index in [-0.39, 0.29) is 17.6 Å². The number of carbonyl (C=O) groups is 2. The Balaban J connectivity index is 1.40. The highest BCUT2D eigenvalue weighted by Crippen LogP contribution is 2.23. The molecule has 2 saturated heterocycles. The molecule has 0 saturated carbocycles. The molecule has 0 radical (unpaired) electrons. The van der Waals surface area contributed by atoms with Gasteiger partial charge in [0.25, 0.3) is 5.91 Å². The summed E-state index contributed by atoms with van der Waals surface area (Å²) in [5.41, 5.74) is 1.85. The van der Waals surface area contributed by atoms with Gasteiger partial charge in [-0.05, 0) is 49.2 Å². The van der Waals surface area contributed by atoms with Gasteiger partial charge in [-0.1, -0.05) is 0 Å². The predicted molar refractivity (Wildman–Crippen MR) is 101 cm³/mol. The van der Waals surface area contributed by atoms with E-state index >= 15 is 0 Å². The van der Waals surface area contributed by atoms with Crippen LogP contribution in [0.3, 0.4) is 0 Å². The van der Waals surface area contributed by atoms with Crippen molar-refractivity contribution in [2.75, 3.05) is 43.1 Å². The first-order chi connectivity index (χ1) is 13.2. The van der Waals surface area contributed by atoms with Crippen LogP contribution in [0.2, 0.25) is 0 Å². The SMILES string of the molecule is O=C(Nc1ccc(N2CCOCC2)cc1)C1CCCN1C(=O)c1ccco1. The van der Waals surface area contributed by atoms with Crippen molar-refractivity contribution in [2.24, 2.45) is 0 Å². The Hall–Kier alpha value is -2.80. The summed E-state index contributed by atoms with van der Waals surface area (Å²) < 4.78 is 10.6. The molecule has 2 aliphatic heterocycles. The summed E-state index contributed by atoms with van der Waals surface area (Å²) in [6.45, 7) is 3.78. The van der Waals surface area contributed by atoms with Gasteiger partial charge in [-0.25, -0.2) is 0 Å². The lowest BCUT2D eigenvalue weighted by molar-refractivity contribution is -0.119. The number of anilines is 2. The van der Waals surface area contributed by atoms with Gasteiger partial charge in [0.15, 0.2) is 5.76 Å². The molecule has 1 unspecified atom stereocenters. The Bertz CT molecular complexity index is 782. The highest BCUT2D eigenvalue weighted by atomic mass is 16.5. The molecule has 1 aromatic heterocycles. The Labute approximate surface area is 157 Å². The fourth-order valence-corrected chi connectivity index (χ4v) is 3.63. The van der Waals surface area contributed by atoms with Gasteiger partial charge < -0.3 is 24.3 Å². The van der Waals surface area contributed by atoms with Crippen LogP contribution in [0.25, 0.3) is 0 Å². The van der Waals surface area contributed by atoms with Gasteiger partial charge in [0.05, 0.1) is 19.5 Å². The molecular formula is C20H23N3O4. The van der Waals surface area contributed by atoms with Crippen molar-refractivity contribution < 1.29 is 18.7 Å². The Kier molecular flexibility index (Phi) is 5.11.